The van der Waals surface area contributed by atoms with Crippen LogP contribution in [0.3, 0.4) is 0 Å². The maximum atomic E-state index is 12.1. The summed E-state index contributed by atoms with van der Waals surface area (Å²) >= 11 is 0. The predicted molar refractivity (Wildman–Crippen MR) is 159 cm³/mol. The van der Waals surface area contributed by atoms with Gasteiger partial charge in [-0.2, -0.15) is 0 Å². The highest BCUT2D eigenvalue weighted by molar-refractivity contribution is 5.70. The van der Waals surface area contributed by atoms with Crippen LogP contribution in [-0.2, 0) is 19.1 Å². The van der Waals surface area contributed by atoms with Gasteiger partial charge in [0.25, 0.3) is 0 Å². The summed E-state index contributed by atoms with van der Waals surface area (Å²) in [5.41, 5.74) is 0. The zero-order valence-corrected chi connectivity index (χ0v) is 24.9. The van der Waals surface area contributed by atoms with Crippen molar-refractivity contribution in [3.05, 3.63) is 24.3 Å². The van der Waals surface area contributed by atoms with Crippen molar-refractivity contribution in [3.8, 4) is 0 Å². The molecule has 0 aromatic rings. The van der Waals surface area contributed by atoms with E-state index < -0.39 is 6.10 Å². The summed E-state index contributed by atoms with van der Waals surface area (Å²) in [6, 6.07) is 0. The second-order valence-corrected chi connectivity index (χ2v) is 10.5. The molecule has 0 unspecified atom stereocenters. The molecule has 1 N–H and O–H groups in total. The van der Waals surface area contributed by atoms with Crippen molar-refractivity contribution in [2.75, 3.05) is 13.2 Å². The van der Waals surface area contributed by atoms with Crippen LogP contribution in [0, 0.1) is 0 Å². The number of allylic oxidation sites excluding steroid dienone is 4. The Hall–Kier alpha value is -1.62. The van der Waals surface area contributed by atoms with Gasteiger partial charge in [0.1, 0.15) is 6.61 Å². The van der Waals surface area contributed by atoms with Gasteiger partial charge in [0.05, 0.1) is 6.61 Å². The van der Waals surface area contributed by atoms with Crippen molar-refractivity contribution >= 4 is 11.9 Å². The first-order valence-electron chi connectivity index (χ1n) is 15.9. The highest BCUT2D eigenvalue weighted by atomic mass is 16.6. The lowest BCUT2D eigenvalue weighted by Gasteiger charge is -2.15. The van der Waals surface area contributed by atoms with Gasteiger partial charge >= 0.3 is 11.9 Å². The Bertz CT molecular complexity index is 584. The second kappa shape index (κ2) is 29.9. The van der Waals surface area contributed by atoms with Gasteiger partial charge in [-0.15, -0.1) is 0 Å². The Morgan fingerprint density at radius 1 is 0.579 bits per heavy atom. The Morgan fingerprint density at radius 3 is 1.50 bits per heavy atom. The van der Waals surface area contributed by atoms with Crippen LogP contribution >= 0.6 is 0 Å². The van der Waals surface area contributed by atoms with Crippen LogP contribution in [-0.4, -0.2) is 36.4 Å². The number of carbonyl (C=O) groups excluding carboxylic acids is 2. The molecule has 38 heavy (non-hydrogen) atoms. The van der Waals surface area contributed by atoms with Crippen molar-refractivity contribution < 1.29 is 24.2 Å². The molecule has 222 valence electrons. The minimum Gasteiger partial charge on any atom is -0.462 e. The van der Waals surface area contributed by atoms with Crippen molar-refractivity contribution in [1.29, 1.82) is 0 Å². The molecule has 0 bridgehead atoms. The SMILES string of the molecule is CCCC/C=C/CCCCCCCC(=O)OC[C@H](CO)OC(=O)CCCCCCC/C=C/CCCCCC. The first-order valence-corrected chi connectivity index (χ1v) is 15.9. The number of esters is 2. The molecule has 0 aliphatic rings. The molecule has 0 amide bonds. The van der Waals surface area contributed by atoms with Crippen LogP contribution in [0.25, 0.3) is 0 Å². The van der Waals surface area contributed by atoms with Gasteiger partial charge in [-0.3, -0.25) is 9.59 Å². The van der Waals surface area contributed by atoms with Gasteiger partial charge in [0.2, 0.25) is 0 Å². The fraction of sp³-hybridized carbons (Fsp3) is 0.818. The summed E-state index contributed by atoms with van der Waals surface area (Å²) in [5.74, 6) is -0.615. The maximum Gasteiger partial charge on any atom is 0.306 e. The summed E-state index contributed by atoms with van der Waals surface area (Å²) in [7, 11) is 0. The van der Waals surface area contributed by atoms with Crippen LogP contribution in [0.4, 0.5) is 0 Å². The molecule has 0 aromatic carbocycles. The highest BCUT2D eigenvalue weighted by Gasteiger charge is 2.16. The number of rotatable bonds is 28. The third-order valence-corrected chi connectivity index (χ3v) is 6.72. The van der Waals surface area contributed by atoms with Crippen molar-refractivity contribution in [1.82, 2.24) is 0 Å². The van der Waals surface area contributed by atoms with E-state index in [9.17, 15) is 14.7 Å². The van der Waals surface area contributed by atoms with Gasteiger partial charge in [0.15, 0.2) is 6.10 Å². The molecule has 5 nitrogen and oxygen atoms in total. The first kappa shape index (κ1) is 36.4. The second-order valence-electron chi connectivity index (χ2n) is 10.5. The highest BCUT2D eigenvalue weighted by Crippen LogP contribution is 2.11. The Labute approximate surface area is 234 Å². The van der Waals surface area contributed by atoms with E-state index in [1.54, 1.807) is 0 Å². The van der Waals surface area contributed by atoms with E-state index in [4.69, 9.17) is 9.47 Å². The summed E-state index contributed by atoms with van der Waals surface area (Å²) in [4.78, 5) is 24.0. The van der Waals surface area contributed by atoms with E-state index in [0.717, 1.165) is 51.4 Å². The molecule has 0 aromatic heterocycles. The molecule has 0 radical (unpaired) electrons. The molecule has 0 aliphatic heterocycles. The fourth-order valence-corrected chi connectivity index (χ4v) is 4.23. The van der Waals surface area contributed by atoms with E-state index in [2.05, 4.69) is 38.2 Å². The summed E-state index contributed by atoms with van der Waals surface area (Å²) in [6.45, 7) is 4.04. The van der Waals surface area contributed by atoms with E-state index in [1.807, 2.05) is 0 Å². The zero-order valence-electron chi connectivity index (χ0n) is 24.9. The van der Waals surface area contributed by atoms with E-state index in [1.165, 1.54) is 77.0 Å². The van der Waals surface area contributed by atoms with E-state index in [0.29, 0.717) is 12.8 Å². The van der Waals surface area contributed by atoms with Gasteiger partial charge in [-0.1, -0.05) is 109 Å². The average molecular weight is 537 g/mol. The number of hydrogen-bond acceptors (Lipinski definition) is 5. The molecule has 0 spiro atoms. The van der Waals surface area contributed by atoms with Crippen molar-refractivity contribution in [3.63, 3.8) is 0 Å². The fourth-order valence-electron chi connectivity index (χ4n) is 4.23. The van der Waals surface area contributed by atoms with E-state index in [-0.39, 0.29) is 25.2 Å². The third kappa shape index (κ3) is 27.4. The van der Waals surface area contributed by atoms with Gasteiger partial charge < -0.3 is 14.6 Å². The molecule has 0 saturated heterocycles. The number of aliphatic hydroxyl groups excluding tert-OH is 1. The molecule has 0 rings (SSSR count). The van der Waals surface area contributed by atoms with Crippen LogP contribution < -0.4 is 0 Å². The largest absolute Gasteiger partial charge is 0.462 e. The van der Waals surface area contributed by atoms with Crippen LogP contribution in [0.2, 0.25) is 0 Å². The molecule has 0 heterocycles. The van der Waals surface area contributed by atoms with Crippen molar-refractivity contribution in [2.24, 2.45) is 0 Å². The molecular formula is C33H60O5. The first-order chi connectivity index (χ1) is 18.6. The van der Waals surface area contributed by atoms with Gasteiger partial charge in [-0.25, -0.2) is 0 Å². The van der Waals surface area contributed by atoms with Crippen LogP contribution in [0.1, 0.15) is 155 Å². The molecule has 0 fully saturated rings. The van der Waals surface area contributed by atoms with Crippen LogP contribution in [0.5, 0.6) is 0 Å². The molecule has 1 atom stereocenters. The number of ether oxygens (including phenoxy) is 2. The monoisotopic (exact) mass is 536 g/mol. The Morgan fingerprint density at radius 2 is 1.00 bits per heavy atom. The lowest BCUT2D eigenvalue weighted by Crippen LogP contribution is -2.28. The minimum absolute atomic E-state index is 0.0719. The molecule has 0 saturated carbocycles. The smallest absolute Gasteiger partial charge is 0.306 e. The van der Waals surface area contributed by atoms with Gasteiger partial charge in [-0.05, 0) is 57.8 Å². The van der Waals surface area contributed by atoms with Crippen molar-refractivity contribution in [2.45, 2.75) is 161 Å². The number of unbranched alkanes of at least 4 members (excludes halogenated alkanes) is 16. The average Bonchev–Trinajstić information content (AvgIpc) is 2.92. The summed E-state index contributed by atoms with van der Waals surface area (Å²) in [6.07, 6.45) is 32.2. The zero-order chi connectivity index (χ0) is 27.9. The quantitative estimate of drug-likeness (QED) is 0.0613. The Kier molecular flexibility index (Phi) is 28.7. The topological polar surface area (TPSA) is 72.8 Å². The lowest BCUT2D eigenvalue weighted by atomic mass is 10.1. The third-order valence-electron chi connectivity index (χ3n) is 6.72. The molecule has 0 aliphatic carbocycles. The number of aliphatic hydroxyl groups is 1. The predicted octanol–water partition coefficient (Wildman–Crippen LogP) is 9.17. The van der Waals surface area contributed by atoms with Crippen LogP contribution in [0.15, 0.2) is 24.3 Å². The van der Waals surface area contributed by atoms with E-state index >= 15 is 0 Å². The normalized spacial score (nSPS) is 12.4. The molecule has 5 heteroatoms. The molecular weight excluding hydrogens is 476 g/mol. The number of carbonyl (C=O) groups is 2. The lowest BCUT2D eigenvalue weighted by molar-refractivity contribution is -0.161. The summed E-state index contributed by atoms with van der Waals surface area (Å²) in [5, 5.41) is 9.47. The van der Waals surface area contributed by atoms with Gasteiger partial charge in [0, 0.05) is 12.8 Å². The minimum atomic E-state index is -0.773. The standard InChI is InChI=1S/C33H60O5/c1-3-5-7-9-11-13-15-16-18-20-22-24-26-28-33(36)38-31(29-34)30-37-32(35)27-25-23-21-19-17-14-12-10-8-6-4-2/h10,12-13,15,31,34H,3-9,11,14,16-30H2,1-2H3/b12-10+,15-13+/t31-/m0/s1. The maximum absolute atomic E-state index is 12.1. The number of hydrogen-bond donors (Lipinski definition) is 1. The summed E-state index contributed by atoms with van der Waals surface area (Å²) < 4.78 is 10.5. The Balaban J connectivity index is 3.62.